The van der Waals surface area contributed by atoms with E-state index >= 15 is 0 Å². The van der Waals surface area contributed by atoms with Gasteiger partial charge in [0.1, 0.15) is 0 Å². The van der Waals surface area contributed by atoms with Crippen LogP contribution in [-0.2, 0) is 4.74 Å². The first-order valence-corrected chi connectivity index (χ1v) is 8.66. The number of nitrogens with zero attached hydrogens (tertiary/aromatic N) is 2. The standard InChI is InChI=1S/C18H28N4O.HI/c1-19-18(20-7-8-22-9-11-23-12-10-22)21-14-16-13-17(16)15-5-3-2-4-6-15;/h2-6,16-17H,7-14H2,1H3,(H2,19,20,21);1H. The zero-order valence-electron chi connectivity index (χ0n) is 14.4. The van der Waals surface area contributed by atoms with Crippen molar-refractivity contribution in [3.05, 3.63) is 35.9 Å². The van der Waals surface area contributed by atoms with Crippen LogP contribution in [0.25, 0.3) is 0 Å². The molecule has 1 saturated heterocycles. The van der Waals surface area contributed by atoms with E-state index in [1.165, 1.54) is 12.0 Å². The molecule has 2 atom stereocenters. The third-order valence-corrected chi connectivity index (χ3v) is 4.73. The van der Waals surface area contributed by atoms with Crippen molar-refractivity contribution in [3.8, 4) is 0 Å². The van der Waals surface area contributed by atoms with Gasteiger partial charge in [0.2, 0.25) is 0 Å². The molecule has 0 bridgehead atoms. The van der Waals surface area contributed by atoms with E-state index in [9.17, 15) is 0 Å². The number of benzene rings is 1. The van der Waals surface area contributed by atoms with Crippen molar-refractivity contribution in [1.82, 2.24) is 15.5 Å². The first kappa shape index (κ1) is 19.5. The summed E-state index contributed by atoms with van der Waals surface area (Å²) in [7, 11) is 1.84. The second kappa shape index (κ2) is 10.2. The molecule has 1 aromatic rings. The van der Waals surface area contributed by atoms with Gasteiger partial charge in [0, 0.05) is 39.8 Å². The van der Waals surface area contributed by atoms with Crippen molar-refractivity contribution in [1.29, 1.82) is 0 Å². The third kappa shape index (κ3) is 5.89. The molecule has 2 unspecified atom stereocenters. The van der Waals surface area contributed by atoms with Gasteiger partial charge in [-0.3, -0.25) is 9.89 Å². The Bertz CT molecular complexity index is 505. The van der Waals surface area contributed by atoms with Gasteiger partial charge < -0.3 is 15.4 Å². The maximum atomic E-state index is 5.37. The number of nitrogens with one attached hydrogen (secondary N) is 2. The normalized spacial score (nSPS) is 24.1. The molecular weight excluding hydrogens is 415 g/mol. The highest BCUT2D eigenvalue weighted by molar-refractivity contribution is 14.0. The van der Waals surface area contributed by atoms with Gasteiger partial charge in [0.15, 0.2) is 5.96 Å². The predicted octanol–water partition coefficient (Wildman–Crippen LogP) is 1.91. The number of hydrogen-bond acceptors (Lipinski definition) is 3. The average molecular weight is 444 g/mol. The van der Waals surface area contributed by atoms with Gasteiger partial charge in [0.05, 0.1) is 13.2 Å². The summed E-state index contributed by atoms with van der Waals surface area (Å²) in [5.74, 6) is 2.36. The van der Waals surface area contributed by atoms with Crippen LogP contribution in [0.5, 0.6) is 0 Å². The predicted molar refractivity (Wildman–Crippen MR) is 109 cm³/mol. The van der Waals surface area contributed by atoms with Gasteiger partial charge in [-0.15, -0.1) is 24.0 Å². The Hall–Kier alpha value is -0.860. The first-order chi connectivity index (χ1) is 11.4. The summed E-state index contributed by atoms with van der Waals surface area (Å²) in [6, 6.07) is 10.8. The van der Waals surface area contributed by atoms with Crippen LogP contribution >= 0.6 is 24.0 Å². The van der Waals surface area contributed by atoms with Gasteiger partial charge in [0.25, 0.3) is 0 Å². The van der Waals surface area contributed by atoms with Crippen molar-refractivity contribution in [3.63, 3.8) is 0 Å². The molecular formula is C18H29IN4O. The number of guanidine groups is 1. The summed E-state index contributed by atoms with van der Waals surface area (Å²) in [4.78, 5) is 6.75. The Balaban J connectivity index is 0.00000208. The smallest absolute Gasteiger partial charge is 0.191 e. The van der Waals surface area contributed by atoms with Crippen LogP contribution in [-0.4, -0.2) is 63.8 Å². The SMILES string of the molecule is CN=C(NCCN1CCOCC1)NCC1CC1c1ccccc1.I. The van der Waals surface area contributed by atoms with Gasteiger partial charge >= 0.3 is 0 Å². The van der Waals surface area contributed by atoms with E-state index < -0.39 is 0 Å². The topological polar surface area (TPSA) is 48.9 Å². The van der Waals surface area contributed by atoms with Crippen LogP contribution in [0.1, 0.15) is 17.9 Å². The zero-order valence-corrected chi connectivity index (χ0v) is 16.7. The highest BCUT2D eigenvalue weighted by Crippen LogP contribution is 2.46. The fraction of sp³-hybridized carbons (Fsp3) is 0.611. The van der Waals surface area contributed by atoms with E-state index in [1.54, 1.807) is 0 Å². The highest BCUT2D eigenvalue weighted by Gasteiger charge is 2.37. The summed E-state index contributed by atoms with van der Waals surface area (Å²) in [6.07, 6.45) is 1.28. The van der Waals surface area contributed by atoms with Gasteiger partial charge in [-0.1, -0.05) is 30.3 Å². The Morgan fingerprint density at radius 3 is 2.67 bits per heavy atom. The number of halogens is 1. The van der Waals surface area contributed by atoms with Crippen LogP contribution in [0.4, 0.5) is 0 Å². The molecule has 0 radical (unpaired) electrons. The largest absolute Gasteiger partial charge is 0.379 e. The van der Waals surface area contributed by atoms with E-state index in [0.717, 1.165) is 63.7 Å². The van der Waals surface area contributed by atoms with Crippen molar-refractivity contribution >= 4 is 29.9 Å². The minimum atomic E-state index is 0. The highest BCUT2D eigenvalue weighted by atomic mass is 127. The first-order valence-electron chi connectivity index (χ1n) is 8.66. The zero-order chi connectivity index (χ0) is 15.9. The van der Waals surface area contributed by atoms with Crippen LogP contribution in [0.15, 0.2) is 35.3 Å². The lowest BCUT2D eigenvalue weighted by molar-refractivity contribution is 0.0389. The molecule has 5 nitrogen and oxygen atoms in total. The lowest BCUT2D eigenvalue weighted by atomic mass is 10.1. The third-order valence-electron chi connectivity index (χ3n) is 4.73. The molecule has 0 amide bonds. The fourth-order valence-corrected chi connectivity index (χ4v) is 3.19. The second-order valence-corrected chi connectivity index (χ2v) is 6.35. The summed E-state index contributed by atoms with van der Waals surface area (Å²) >= 11 is 0. The Kier molecular flexibility index (Phi) is 8.28. The molecule has 134 valence electrons. The van der Waals surface area contributed by atoms with Crippen molar-refractivity contribution in [2.24, 2.45) is 10.9 Å². The average Bonchev–Trinajstić information content (AvgIpc) is 3.39. The Labute approximate surface area is 162 Å². The lowest BCUT2D eigenvalue weighted by Gasteiger charge is -2.26. The molecule has 6 heteroatoms. The molecule has 2 N–H and O–H groups in total. The maximum Gasteiger partial charge on any atom is 0.191 e. The Morgan fingerprint density at radius 2 is 1.96 bits per heavy atom. The van der Waals surface area contributed by atoms with Crippen molar-refractivity contribution < 1.29 is 4.74 Å². The minimum absolute atomic E-state index is 0. The quantitative estimate of drug-likeness (QED) is 0.400. The van der Waals surface area contributed by atoms with E-state index in [-0.39, 0.29) is 24.0 Å². The van der Waals surface area contributed by atoms with E-state index in [4.69, 9.17) is 4.74 Å². The number of rotatable bonds is 6. The minimum Gasteiger partial charge on any atom is -0.379 e. The molecule has 2 fully saturated rings. The van der Waals surface area contributed by atoms with Gasteiger partial charge in [-0.25, -0.2) is 0 Å². The molecule has 1 aromatic carbocycles. The number of aliphatic imine (C=N–C) groups is 1. The summed E-state index contributed by atoms with van der Waals surface area (Å²) in [5.41, 5.74) is 1.47. The van der Waals surface area contributed by atoms with Crippen molar-refractivity contribution in [2.75, 3.05) is 53.0 Å². The Morgan fingerprint density at radius 1 is 1.21 bits per heavy atom. The lowest BCUT2D eigenvalue weighted by Crippen LogP contribution is -2.44. The summed E-state index contributed by atoms with van der Waals surface area (Å²) in [6.45, 7) is 6.75. The summed E-state index contributed by atoms with van der Waals surface area (Å²) in [5, 5.41) is 6.88. The van der Waals surface area contributed by atoms with Crippen molar-refractivity contribution in [2.45, 2.75) is 12.3 Å². The molecule has 1 saturated carbocycles. The molecule has 3 rings (SSSR count). The monoisotopic (exact) mass is 444 g/mol. The van der Waals surface area contributed by atoms with E-state index in [1.807, 2.05) is 7.05 Å². The summed E-state index contributed by atoms with van der Waals surface area (Å²) < 4.78 is 5.37. The number of morpholine rings is 1. The van der Waals surface area contributed by atoms with E-state index in [0.29, 0.717) is 0 Å². The molecule has 1 heterocycles. The molecule has 0 aromatic heterocycles. The maximum absolute atomic E-state index is 5.37. The molecule has 2 aliphatic rings. The molecule has 1 aliphatic heterocycles. The van der Waals surface area contributed by atoms with Gasteiger partial charge in [-0.2, -0.15) is 0 Å². The number of ether oxygens (including phenoxy) is 1. The molecule has 1 aliphatic carbocycles. The van der Waals surface area contributed by atoms with Crippen LogP contribution in [0.3, 0.4) is 0 Å². The fourth-order valence-electron chi connectivity index (χ4n) is 3.19. The molecule has 0 spiro atoms. The second-order valence-electron chi connectivity index (χ2n) is 6.35. The van der Waals surface area contributed by atoms with Crippen LogP contribution in [0, 0.1) is 5.92 Å². The van der Waals surface area contributed by atoms with Gasteiger partial charge in [-0.05, 0) is 23.8 Å². The molecule has 24 heavy (non-hydrogen) atoms. The number of hydrogen-bond donors (Lipinski definition) is 2. The van der Waals surface area contributed by atoms with E-state index in [2.05, 4.69) is 50.9 Å². The van der Waals surface area contributed by atoms with Crippen LogP contribution < -0.4 is 10.6 Å². The van der Waals surface area contributed by atoms with Crippen LogP contribution in [0.2, 0.25) is 0 Å².